The fourth-order valence-electron chi connectivity index (χ4n) is 9.87. The minimum Gasteiger partial charge on any atom is -0.497 e. The number of hydrogen-bond donors (Lipinski definition) is 2. The number of alkyl carbamates (subject to hydrolysis) is 1. The van der Waals surface area contributed by atoms with Crippen molar-refractivity contribution in [1.82, 2.24) is 19.5 Å². The molecule has 0 radical (unpaired) electrons. The lowest BCUT2D eigenvalue weighted by atomic mass is 9.80. The van der Waals surface area contributed by atoms with Crippen LogP contribution in [0.2, 0.25) is 0 Å². The average Bonchev–Trinajstić information content (AvgIpc) is 3.97. The molecule has 1 aliphatic heterocycles. The van der Waals surface area contributed by atoms with Crippen LogP contribution in [0.25, 0.3) is 11.1 Å². The first kappa shape index (κ1) is 53.7. The Balaban J connectivity index is 1.04. The minimum absolute atomic E-state index is 0.0473. The van der Waals surface area contributed by atoms with Gasteiger partial charge in [-0.2, -0.15) is 10.2 Å². The van der Waals surface area contributed by atoms with Crippen molar-refractivity contribution in [2.45, 2.75) is 95.9 Å². The van der Waals surface area contributed by atoms with Crippen molar-refractivity contribution >= 4 is 20.6 Å². The summed E-state index contributed by atoms with van der Waals surface area (Å²) in [6, 6.07) is 44.5. The summed E-state index contributed by atoms with van der Waals surface area (Å²) >= 11 is 0. The van der Waals surface area contributed by atoms with E-state index >= 15 is 0 Å². The Hall–Kier alpha value is -6.63. The monoisotopic (exact) mass is 1020 g/mol. The first-order chi connectivity index (χ1) is 35.9. The summed E-state index contributed by atoms with van der Waals surface area (Å²) in [5.41, 5.74) is 6.11. The lowest BCUT2D eigenvalue weighted by Gasteiger charge is -2.39. The van der Waals surface area contributed by atoms with E-state index in [9.17, 15) is 14.9 Å². The highest BCUT2D eigenvalue weighted by Crippen LogP contribution is 2.51. The van der Waals surface area contributed by atoms with Gasteiger partial charge in [0.2, 0.25) is 5.95 Å². The van der Waals surface area contributed by atoms with Gasteiger partial charge in [0.15, 0.2) is 0 Å². The Bertz CT molecular complexity index is 2790. The number of fused-ring (bicyclic) bond motifs is 3. The standard InChI is InChI=1S/C58H67N6O9P/c1-39(2)64(40(3)4)74(71-34-15-31-59)73-52-35-54(72-53(52)38-70-58(42-17-9-8-10-18-42,43-23-27-45(67-6)28-24-43)44-25-29-46(68-7)30-26-44)63-36-41(5)55(65)62-56(63)60-32-16-33-61-57(66)69-37-51-49-21-13-11-19-47(49)48-20-12-14-22-50(48)51/h8-14,17-30,36,39-40,51-54H,15-16,32-35,37-38H2,1-7H3,(H,61,66)(H,60,62,65)/t52-,53+,54+,74?/m0/s1. The maximum Gasteiger partial charge on any atom is 0.407 e. The third-order valence-corrected chi connectivity index (χ3v) is 15.5. The van der Waals surface area contributed by atoms with E-state index in [2.05, 4.69) is 78.3 Å². The quantitative estimate of drug-likeness (QED) is 0.0334. The normalized spacial score (nSPS) is 16.7. The second-order valence-corrected chi connectivity index (χ2v) is 20.3. The molecule has 1 aromatic heterocycles. The van der Waals surface area contributed by atoms with Crippen LogP contribution in [0.1, 0.15) is 92.5 Å². The number of hydrogen-bond acceptors (Lipinski definition) is 13. The van der Waals surface area contributed by atoms with E-state index in [1.54, 1.807) is 27.3 Å². The largest absolute Gasteiger partial charge is 0.497 e. The lowest BCUT2D eigenvalue weighted by Crippen LogP contribution is -2.39. The predicted molar refractivity (Wildman–Crippen MR) is 286 cm³/mol. The van der Waals surface area contributed by atoms with Crippen molar-refractivity contribution in [3.63, 3.8) is 0 Å². The number of carbonyl (C=O) groups excluding carboxylic acids is 1. The lowest BCUT2D eigenvalue weighted by molar-refractivity contribution is -0.0916. The van der Waals surface area contributed by atoms with E-state index in [1.807, 2.05) is 108 Å². The summed E-state index contributed by atoms with van der Waals surface area (Å²) in [6.07, 6.45) is 0.343. The molecule has 1 amide bonds. The summed E-state index contributed by atoms with van der Waals surface area (Å²) in [4.78, 5) is 30.7. The molecule has 2 aliphatic rings. The van der Waals surface area contributed by atoms with Crippen LogP contribution in [0.3, 0.4) is 0 Å². The Morgan fingerprint density at radius 2 is 1.41 bits per heavy atom. The molecule has 5 aromatic carbocycles. The highest BCUT2D eigenvalue weighted by atomic mass is 31.2. The van der Waals surface area contributed by atoms with Crippen molar-refractivity contribution in [2.24, 2.45) is 0 Å². The van der Waals surface area contributed by atoms with Gasteiger partial charge in [0.25, 0.3) is 14.1 Å². The molecule has 16 heteroatoms. The maximum atomic E-state index is 13.2. The summed E-state index contributed by atoms with van der Waals surface area (Å²) < 4.78 is 49.0. The smallest absolute Gasteiger partial charge is 0.407 e. The summed E-state index contributed by atoms with van der Waals surface area (Å²) in [6.45, 7) is 11.3. The number of anilines is 1. The minimum atomic E-state index is -1.71. The molecule has 74 heavy (non-hydrogen) atoms. The molecular formula is C58H67N6O9P. The molecule has 6 aromatic rings. The fourth-order valence-corrected chi connectivity index (χ4v) is 11.6. The molecule has 388 valence electrons. The van der Waals surface area contributed by atoms with Gasteiger partial charge in [-0.3, -0.25) is 9.36 Å². The second kappa shape index (κ2) is 25.1. The first-order valence-corrected chi connectivity index (χ1v) is 26.4. The number of ether oxygens (including phenoxy) is 5. The van der Waals surface area contributed by atoms with Gasteiger partial charge in [-0.05, 0) is 104 Å². The van der Waals surface area contributed by atoms with Gasteiger partial charge in [0, 0.05) is 49.3 Å². The zero-order valence-electron chi connectivity index (χ0n) is 43.2. The van der Waals surface area contributed by atoms with E-state index in [4.69, 9.17) is 32.7 Å². The zero-order valence-corrected chi connectivity index (χ0v) is 44.1. The number of aryl methyl sites for hydroxylation is 1. The third-order valence-electron chi connectivity index (χ3n) is 13.4. The van der Waals surface area contributed by atoms with Gasteiger partial charge in [-0.15, -0.1) is 0 Å². The maximum absolute atomic E-state index is 13.2. The second-order valence-electron chi connectivity index (χ2n) is 18.9. The number of methoxy groups -OCH3 is 2. The van der Waals surface area contributed by atoms with E-state index in [0.717, 1.165) is 38.9 Å². The van der Waals surface area contributed by atoms with E-state index < -0.39 is 38.7 Å². The van der Waals surface area contributed by atoms with Crippen LogP contribution in [0.15, 0.2) is 138 Å². The van der Waals surface area contributed by atoms with Crippen LogP contribution < -0.4 is 25.7 Å². The first-order valence-electron chi connectivity index (χ1n) is 25.3. The van der Waals surface area contributed by atoms with Crippen LogP contribution in [-0.2, 0) is 28.9 Å². The number of nitrogens with one attached hydrogen (secondary N) is 2. The highest BCUT2D eigenvalue weighted by molar-refractivity contribution is 7.44. The zero-order chi connectivity index (χ0) is 52.2. The summed E-state index contributed by atoms with van der Waals surface area (Å²) in [5.74, 6) is 1.66. The summed E-state index contributed by atoms with van der Waals surface area (Å²) in [5, 5.41) is 15.8. The molecule has 0 bridgehead atoms. The molecule has 1 unspecified atom stereocenters. The molecule has 2 N–H and O–H groups in total. The van der Waals surface area contributed by atoms with E-state index in [1.165, 1.54) is 0 Å². The highest BCUT2D eigenvalue weighted by Gasteiger charge is 2.45. The number of benzene rings is 5. The van der Waals surface area contributed by atoms with Crippen LogP contribution in [0.5, 0.6) is 11.5 Å². The Kier molecular flexibility index (Phi) is 18.2. The Morgan fingerprint density at radius 3 is 1.99 bits per heavy atom. The molecular weight excluding hydrogens is 956 g/mol. The molecule has 0 spiro atoms. The number of carbonyl (C=O) groups is 1. The SMILES string of the molecule is COc1ccc(C(OC[C@H]2O[C@@H](n3cc(C)c(=O)nc3NCCCNC(=O)OCC3c4ccccc4-c4ccccc43)C[C@@H]2OP(OCCC#N)N(C(C)C)C(C)C)(c2ccccc2)c2ccc(OC)cc2)cc1. The Morgan fingerprint density at radius 1 is 0.824 bits per heavy atom. The van der Waals surface area contributed by atoms with Crippen molar-refractivity contribution in [3.05, 3.63) is 177 Å². The van der Waals surface area contributed by atoms with Crippen LogP contribution in [0.4, 0.5) is 10.7 Å². The number of aromatic nitrogens is 2. The van der Waals surface area contributed by atoms with Crippen LogP contribution >= 0.6 is 8.53 Å². The molecule has 2 heterocycles. The van der Waals surface area contributed by atoms with Crippen molar-refractivity contribution in [2.75, 3.05) is 52.4 Å². The predicted octanol–water partition coefficient (Wildman–Crippen LogP) is 10.9. The van der Waals surface area contributed by atoms with Gasteiger partial charge in [-0.1, -0.05) is 103 Å². The molecule has 1 saturated heterocycles. The fraction of sp³-hybridized carbons (Fsp3) is 0.379. The number of amides is 1. The summed E-state index contributed by atoms with van der Waals surface area (Å²) in [7, 11) is 1.57. The van der Waals surface area contributed by atoms with Gasteiger partial charge in [0.05, 0.1) is 46.0 Å². The van der Waals surface area contributed by atoms with E-state index in [0.29, 0.717) is 48.9 Å². The van der Waals surface area contributed by atoms with Crippen LogP contribution in [0, 0.1) is 18.3 Å². The van der Waals surface area contributed by atoms with Crippen molar-refractivity contribution < 1.29 is 37.5 Å². The molecule has 1 aliphatic carbocycles. The number of nitrogens with zero attached hydrogens (tertiary/aromatic N) is 4. The van der Waals surface area contributed by atoms with Gasteiger partial charge in [-0.25, -0.2) is 9.46 Å². The molecule has 15 nitrogen and oxygen atoms in total. The van der Waals surface area contributed by atoms with Crippen molar-refractivity contribution in [1.29, 1.82) is 5.26 Å². The topological polar surface area (TPSA) is 168 Å². The molecule has 1 fully saturated rings. The van der Waals surface area contributed by atoms with Gasteiger partial charge < -0.3 is 43.4 Å². The molecule has 4 atom stereocenters. The average molecular weight is 1020 g/mol. The third kappa shape index (κ3) is 12.1. The van der Waals surface area contributed by atoms with Crippen molar-refractivity contribution in [3.8, 4) is 28.7 Å². The molecule has 8 rings (SSSR count). The van der Waals surface area contributed by atoms with Crippen LogP contribution in [-0.4, -0.2) is 91.7 Å². The van der Waals surface area contributed by atoms with Gasteiger partial charge in [0.1, 0.15) is 36.0 Å². The van der Waals surface area contributed by atoms with Gasteiger partial charge >= 0.3 is 6.09 Å². The van der Waals surface area contributed by atoms with E-state index in [-0.39, 0.29) is 49.8 Å². The molecule has 0 saturated carbocycles. The Labute approximate surface area is 435 Å². The number of rotatable bonds is 24. The number of nitriles is 1.